The Labute approximate surface area is 101 Å². The molecule has 0 fully saturated rings. The van der Waals surface area contributed by atoms with E-state index in [1.165, 1.54) is 6.07 Å². The number of rotatable bonds is 4. The van der Waals surface area contributed by atoms with Crippen molar-refractivity contribution >= 4 is 6.29 Å². The molecule has 0 aliphatic heterocycles. The molecule has 2 aromatic rings. The smallest absolute Gasteiger partial charge is 0.262 e. The molecule has 0 aliphatic rings. The predicted molar refractivity (Wildman–Crippen MR) is 58.2 cm³/mol. The van der Waals surface area contributed by atoms with Gasteiger partial charge in [-0.1, -0.05) is 18.2 Å². The Hall–Kier alpha value is -2.37. The molecule has 0 saturated heterocycles. The summed E-state index contributed by atoms with van der Waals surface area (Å²) in [7, 11) is 0. The third kappa shape index (κ3) is 2.48. The number of para-hydroxylation sites is 1. The first-order valence-electron chi connectivity index (χ1n) is 5.07. The summed E-state index contributed by atoms with van der Waals surface area (Å²) in [6.07, 6.45) is 1.67. The number of carbonyl (C=O) groups excluding carboxylic acids is 1. The molecule has 0 radical (unpaired) electrons. The van der Waals surface area contributed by atoms with Crippen LogP contribution < -0.4 is 4.74 Å². The van der Waals surface area contributed by atoms with E-state index < -0.39 is 17.6 Å². The fraction of sp³-hybridized carbons (Fsp3) is 0.0833. The van der Waals surface area contributed by atoms with Crippen molar-refractivity contribution in [2.24, 2.45) is 0 Å². The molecule has 4 nitrogen and oxygen atoms in total. The molecule has 0 amide bonds. The Morgan fingerprint density at radius 1 is 1.22 bits per heavy atom. The van der Waals surface area contributed by atoms with Gasteiger partial charge in [-0.3, -0.25) is 0 Å². The van der Waals surface area contributed by atoms with Gasteiger partial charge in [0.05, 0.1) is 0 Å². The van der Waals surface area contributed by atoms with E-state index in [-0.39, 0.29) is 12.2 Å². The highest BCUT2D eigenvalue weighted by molar-refractivity contribution is 5.57. The van der Waals surface area contributed by atoms with Crippen LogP contribution in [-0.2, 0) is 11.2 Å². The van der Waals surface area contributed by atoms with Crippen molar-refractivity contribution in [2.75, 3.05) is 0 Å². The summed E-state index contributed by atoms with van der Waals surface area (Å²) in [5.41, 5.74) is 0.561. The van der Waals surface area contributed by atoms with Gasteiger partial charge in [0.25, 0.3) is 11.8 Å². The first-order valence-corrected chi connectivity index (χ1v) is 5.07. The molecule has 1 heterocycles. The molecule has 1 aromatic carbocycles. The van der Waals surface area contributed by atoms with Crippen molar-refractivity contribution in [3.63, 3.8) is 0 Å². The highest BCUT2D eigenvalue weighted by Gasteiger charge is 2.14. The van der Waals surface area contributed by atoms with E-state index in [0.717, 1.165) is 6.33 Å². The average Bonchev–Trinajstić information content (AvgIpc) is 2.37. The Kier molecular flexibility index (Phi) is 3.57. The lowest BCUT2D eigenvalue weighted by Gasteiger charge is -2.08. The largest absolute Gasteiger partial charge is 0.436 e. The summed E-state index contributed by atoms with van der Waals surface area (Å²) in [6, 6.07) is 6.55. The minimum absolute atomic E-state index is 0.116. The molecule has 6 heteroatoms. The van der Waals surface area contributed by atoms with E-state index in [1.807, 2.05) is 0 Å². The zero-order chi connectivity index (χ0) is 13.0. The standard InChI is InChI=1S/C12H8F2N2O2/c13-10-11(14)15-7-16-12(10)18-9-4-2-1-3-8(9)5-6-17/h1-4,6-7H,5H2. The highest BCUT2D eigenvalue weighted by atomic mass is 19.2. The second-order valence-corrected chi connectivity index (χ2v) is 3.36. The van der Waals surface area contributed by atoms with Gasteiger partial charge in [0.1, 0.15) is 18.4 Å². The third-order valence-corrected chi connectivity index (χ3v) is 2.20. The topological polar surface area (TPSA) is 52.1 Å². The number of benzene rings is 1. The normalized spacial score (nSPS) is 10.1. The van der Waals surface area contributed by atoms with Gasteiger partial charge in [-0.05, 0) is 6.07 Å². The van der Waals surface area contributed by atoms with Gasteiger partial charge in [-0.25, -0.2) is 4.98 Å². The van der Waals surface area contributed by atoms with Crippen LogP contribution in [0.2, 0.25) is 0 Å². The molecular formula is C12H8F2N2O2. The number of ether oxygens (including phenoxy) is 1. The monoisotopic (exact) mass is 250 g/mol. The first-order chi connectivity index (χ1) is 8.72. The molecule has 0 aliphatic carbocycles. The summed E-state index contributed by atoms with van der Waals surface area (Å²) in [6.45, 7) is 0. The quantitative estimate of drug-likeness (QED) is 0.617. The molecule has 2 rings (SSSR count). The lowest BCUT2D eigenvalue weighted by atomic mass is 10.1. The summed E-state index contributed by atoms with van der Waals surface area (Å²) in [5.74, 6) is -2.81. The molecule has 18 heavy (non-hydrogen) atoms. The van der Waals surface area contributed by atoms with Crippen LogP contribution in [0.4, 0.5) is 8.78 Å². The predicted octanol–water partition coefficient (Wildman–Crippen LogP) is 2.29. The number of hydrogen-bond donors (Lipinski definition) is 0. The van der Waals surface area contributed by atoms with E-state index in [2.05, 4.69) is 9.97 Å². The summed E-state index contributed by atoms with van der Waals surface area (Å²) < 4.78 is 31.3. The van der Waals surface area contributed by atoms with Crippen LogP contribution in [0, 0.1) is 11.8 Å². The van der Waals surface area contributed by atoms with Crippen LogP contribution in [0.5, 0.6) is 11.6 Å². The number of halogens is 2. The van der Waals surface area contributed by atoms with Crippen molar-refractivity contribution in [3.8, 4) is 11.6 Å². The van der Waals surface area contributed by atoms with E-state index in [1.54, 1.807) is 18.2 Å². The maximum absolute atomic E-state index is 13.3. The molecule has 1 aromatic heterocycles. The third-order valence-electron chi connectivity index (χ3n) is 2.20. The highest BCUT2D eigenvalue weighted by Crippen LogP contribution is 2.25. The molecule has 0 saturated carbocycles. The van der Waals surface area contributed by atoms with Crippen molar-refractivity contribution in [1.82, 2.24) is 9.97 Å². The minimum Gasteiger partial charge on any atom is -0.436 e. The summed E-state index contributed by atoms with van der Waals surface area (Å²) in [5, 5.41) is 0. The van der Waals surface area contributed by atoms with Crippen molar-refractivity contribution in [1.29, 1.82) is 0 Å². The lowest BCUT2D eigenvalue weighted by molar-refractivity contribution is -0.107. The molecule has 0 bridgehead atoms. The maximum atomic E-state index is 13.3. The Morgan fingerprint density at radius 3 is 2.78 bits per heavy atom. The number of carbonyl (C=O) groups is 1. The molecular weight excluding hydrogens is 242 g/mol. The zero-order valence-corrected chi connectivity index (χ0v) is 9.14. The minimum atomic E-state index is -1.28. The van der Waals surface area contributed by atoms with Gasteiger partial charge in [0, 0.05) is 12.0 Å². The Balaban J connectivity index is 2.34. The van der Waals surface area contributed by atoms with E-state index >= 15 is 0 Å². The fourth-order valence-electron chi connectivity index (χ4n) is 1.37. The zero-order valence-electron chi connectivity index (χ0n) is 9.14. The van der Waals surface area contributed by atoms with E-state index in [0.29, 0.717) is 11.8 Å². The number of aromatic nitrogens is 2. The summed E-state index contributed by atoms with van der Waals surface area (Å²) >= 11 is 0. The molecule has 0 spiro atoms. The van der Waals surface area contributed by atoms with Gasteiger partial charge in [0.15, 0.2) is 0 Å². The molecule has 92 valence electrons. The van der Waals surface area contributed by atoms with Crippen LogP contribution in [0.3, 0.4) is 0 Å². The van der Waals surface area contributed by atoms with Gasteiger partial charge in [-0.2, -0.15) is 13.8 Å². The number of nitrogens with zero attached hydrogens (tertiary/aromatic N) is 2. The van der Waals surface area contributed by atoms with Crippen molar-refractivity contribution in [2.45, 2.75) is 6.42 Å². The van der Waals surface area contributed by atoms with E-state index in [4.69, 9.17) is 4.74 Å². The van der Waals surface area contributed by atoms with Crippen LogP contribution in [0.15, 0.2) is 30.6 Å². The number of aldehydes is 1. The first kappa shape index (κ1) is 12.1. The Bertz CT molecular complexity index is 576. The van der Waals surface area contributed by atoms with Crippen molar-refractivity contribution in [3.05, 3.63) is 47.9 Å². The maximum Gasteiger partial charge on any atom is 0.262 e. The van der Waals surface area contributed by atoms with Gasteiger partial charge in [-0.15, -0.1) is 0 Å². The van der Waals surface area contributed by atoms with Gasteiger partial charge in [0.2, 0.25) is 5.82 Å². The SMILES string of the molecule is O=CCc1ccccc1Oc1ncnc(F)c1F. The summed E-state index contributed by atoms with van der Waals surface area (Å²) in [4.78, 5) is 17.0. The van der Waals surface area contributed by atoms with Gasteiger partial charge >= 0.3 is 0 Å². The van der Waals surface area contributed by atoms with Crippen LogP contribution >= 0.6 is 0 Å². The van der Waals surface area contributed by atoms with Gasteiger partial charge < -0.3 is 9.53 Å². The molecule has 0 unspecified atom stereocenters. The average molecular weight is 250 g/mol. The number of hydrogen-bond acceptors (Lipinski definition) is 4. The van der Waals surface area contributed by atoms with Crippen molar-refractivity contribution < 1.29 is 18.3 Å². The second kappa shape index (κ2) is 5.31. The van der Waals surface area contributed by atoms with Crippen LogP contribution in [-0.4, -0.2) is 16.3 Å². The van der Waals surface area contributed by atoms with E-state index in [9.17, 15) is 13.6 Å². The molecule has 0 atom stereocenters. The van der Waals surface area contributed by atoms with Crippen LogP contribution in [0.25, 0.3) is 0 Å². The molecule has 0 N–H and O–H groups in total. The second-order valence-electron chi connectivity index (χ2n) is 3.36. The fourth-order valence-corrected chi connectivity index (χ4v) is 1.37. The lowest BCUT2D eigenvalue weighted by Crippen LogP contribution is -1.99. The van der Waals surface area contributed by atoms with Crippen LogP contribution in [0.1, 0.15) is 5.56 Å². The Morgan fingerprint density at radius 2 is 2.00 bits per heavy atom.